The molecule has 0 atom stereocenters. The number of aromatic nitrogens is 1. The van der Waals surface area contributed by atoms with Crippen molar-refractivity contribution in [1.29, 1.82) is 0 Å². The van der Waals surface area contributed by atoms with Gasteiger partial charge in [0.05, 0.1) is 0 Å². The molecule has 1 aliphatic heterocycles. The van der Waals surface area contributed by atoms with Gasteiger partial charge < -0.3 is 9.72 Å². The number of hydrogen-bond acceptors (Lipinski definition) is 3. The van der Waals surface area contributed by atoms with Crippen LogP contribution in [0.15, 0.2) is 64.5 Å². The van der Waals surface area contributed by atoms with Crippen molar-refractivity contribution in [2.45, 2.75) is 56.4 Å². The van der Waals surface area contributed by atoms with Crippen molar-refractivity contribution in [2.75, 3.05) is 19.6 Å². The fourth-order valence-corrected chi connectivity index (χ4v) is 4.99. The fraction of sp³-hybridized carbons (Fsp3) is 0.407. The van der Waals surface area contributed by atoms with Gasteiger partial charge in [-0.05, 0) is 81.1 Å². The molecule has 0 amide bonds. The van der Waals surface area contributed by atoms with Crippen LogP contribution in [0, 0.1) is 5.92 Å². The summed E-state index contributed by atoms with van der Waals surface area (Å²) in [6, 6.07) is 15.1. The van der Waals surface area contributed by atoms with E-state index in [1.165, 1.54) is 38.4 Å². The SMILES string of the molecule is CC(C)CN1CC=C(c2c[nH]c3ccc(Sc4ccc(OC(C)(C)C)cc4)cc23)CC1. The van der Waals surface area contributed by atoms with E-state index in [0.29, 0.717) is 0 Å². The van der Waals surface area contributed by atoms with Crippen LogP contribution in [0.5, 0.6) is 5.75 Å². The Balaban J connectivity index is 1.50. The summed E-state index contributed by atoms with van der Waals surface area (Å²) in [6.07, 6.45) is 5.72. The highest BCUT2D eigenvalue weighted by molar-refractivity contribution is 7.99. The Morgan fingerprint density at radius 1 is 1.06 bits per heavy atom. The number of hydrogen-bond donors (Lipinski definition) is 1. The number of benzene rings is 2. The average Bonchev–Trinajstić information content (AvgIpc) is 3.12. The minimum atomic E-state index is -0.177. The Kier molecular flexibility index (Phi) is 6.49. The molecule has 0 saturated carbocycles. The maximum atomic E-state index is 5.94. The van der Waals surface area contributed by atoms with Gasteiger partial charge in [-0.2, -0.15) is 0 Å². The minimum Gasteiger partial charge on any atom is -0.488 e. The molecule has 0 fully saturated rings. The predicted octanol–water partition coefficient (Wildman–Crippen LogP) is 7.24. The smallest absolute Gasteiger partial charge is 0.120 e. The average molecular weight is 435 g/mol. The summed E-state index contributed by atoms with van der Waals surface area (Å²) in [7, 11) is 0. The zero-order valence-electron chi connectivity index (χ0n) is 19.4. The molecule has 0 bridgehead atoms. The van der Waals surface area contributed by atoms with Crippen molar-refractivity contribution in [3.8, 4) is 5.75 Å². The van der Waals surface area contributed by atoms with Gasteiger partial charge in [-0.15, -0.1) is 0 Å². The van der Waals surface area contributed by atoms with Crippen LogP contribution >= 0.6 is 11.8 Å². The van der Waals surface area contributed by atoms with Gasteiger partial charge in [-0.3, -0.25) is 4.90 Å². The molecular formula is C27H34N2OS. The minimum absolute atomic E-state index is 0.177. The third-order valence-corrected chi connectivity index (χ3v) is 6.40. The first-order valence-corrected chi connectivity index (χ1v) is 12.1. The molecule has 1 N–H and O–H groups in total. The third-order valence-electron chi connectivity index (χ3n) is 5.40. The lowest BCUT2D eigenvalue weighted by Crippen LogP contribution is -2.31. The zero-order valence-corrected chi connectivity index (χ0v) is 20.2. The predicted molar refractivity (Wildman–Crippen MR) is 133 cm³/mol. The Hall–Kier alpha value is -2.17. The highest BCUT2D eigenvalue weighted by Gasteiger charge is 2.17. The van der Waals surface area contributed by atoms with Crippen molar-refractivity contribution >= 4 is 28.2 Å². The summed E-state index contributed by atoms with van der Waals surface area (Å²) in [5.41, 5.74) is 3.86. The largest absolute Gasteiger partial charge is 0.488 e. The number of nitrogens with zero attached hydrogens (tertiary/aromatic N) is 1. The number of aromatic amines is 1. The second kappa shape index (κ2) is 9.13. The van der Waals surface area contributed by atoms with Crippen LogP contribution < -0.4 is 4.74 Å². The third kappa shape index (κ3) is 5.75. The molecule has 31 heavy (non-hydrogen) atoms. The molecule has 0 radical (unpaired) electrons. The van der Waals surface area contributed by atoms with Crippen LogP contribution in [-0.2, 0) is 0 Å². The standard InChI is InChI=1S/C27H34N2OS/c1-19(2)18-29-14-12-20(13-15-29)25-17-28-26-11-10-23(16-24(25)26)31-22-8-6-21(7-9-22)30-27(3,4)5/h6-12,16-17,19,28H,13-15,18H2,1-5H3. The van der Waals surface area contributed by atoms with E-state index in [-0.39, 0.29) is 5.60 Å². The van der Waals surface area contributed by atoms with E-state index in [0.717, 1.165) is 31.2 Å². The second-order valence-corrected chi connectivity index (χ2v) is 11.0. The number of nitrogens with one attached hydrogen (secondary N) is 1. The first-order valence-electron chi connectivity index (χ1n) is 11.3. The molecule has 4 heteroatoms. The van der Waals surface area contributed by atoms with E-state index >= 15 is 0 Å². The molecule has 1 aliphatic rings. The Morgan fingerprint density at radius 3 is 2.45 bits per heavy atom. The van der Waals surface area contributed by atoms with Gasteiger partial charge >= 0.3 is 0 Å². The summed E-state index contributed by atoms with van der Waals surface area (Å²) < 4.78 is 5.94. The Labute approximate surface area is 190 Å². The first-order chi connectivity index (χ1) is 14.8. The van der Waals surface area contributed by atoms with Gasteiger partial charge in [0.1, 0.15) is 11.4 Å². The number of ether oxygens (including phenoxy) is 1. The van der Waals surface area contributed by atoms with E-state index in [1.54, 1.807) is 11.8 Å². The van der Waals surface area contributed by atoms with Gasteiger partial charge in [-0.1, -0.05) is 31.7 Å². The molecule has 3 aromatic rings. The normalized spacial score (nSPS) is 15.5. The highest BCUT2D eigenvalue weighted by Crippen LogP contribution is 2.35. The number of H-pyrrole nitrogens is 1. The summed E-state index contributed by atoms with van der Waals surface area (Å²) in [4.78, 5) is 8.50. The second-order valence-electron chi connectivity index (χ2n) is 9.83. The number of fused-ring (bicyclic) bond motifs is 1. The van der Waals surface area contributed by atoms with Crippen molar-refractivity contribution < 1.29 is 4.74 Å². The van der Waals surface area contributed by atoms with Crippen molar-refractivity contribution in [3.05, 3.63) is 60.3 Å². The molecule has 0 unspecified atom stereocenters. The van der Waals surface area contributed by atoms with Crippen LogP contribution in [0.2, 0.25) is 0 Å². The lowest BCUT2D eigenvalue weighted by Gasteiger charge is -2.27. The van der Waals surface area contributed by atoms with E-state index in [2.05, 4.69) is 99.2 Å². The van der Waals surface area contributed by atoms with Gasteiger partial charge in [0.15, 0.2) is 0 Å². The van der Waals surface area contributed by atoms with E-state index < -0.39 is 0 Å². The molecule has 164 valence electrons. The van der Waals surface area contributed by atoms with Crippen molar-refractivity contribution in [2.24, 2.45) is 5.92 Å². The van der Waals surface area contributed by atoms with Crippen molar-refractivity contribution in [1.82, 2.24) is 9.88 Å². The quantitative estimate of drug-likeness (QED) is 0.443. The molecule has 0 saturated heterocycles. The van der Waals surface area contributed by atoms with E-state index in [4.69, 9.17) is 4.74 Å². The van der Waals surface area contributed by atoms with Crippen LogP contribution in [-0.4, -0.2) is 35.1 Å². The molecule has 2 aromatic carbocycles. The molecule has 3 nitrogen and oxygen atoms in total. The van der Waals surface area contributed by atoms with E-state index in [1.807, 2.05) is 0 Å². The molecule has 0 aliphatic carbocycles. The Bertz CT molecular complexity index is 1060. The first kappa shape index (κ1) is 22.0. The molecular weight excluding hydrogens is 400 g/mol. The summed E-state index contributed by atoms with van der Waals surface area (Å²) in [5, 5.41) is 1.32. The van der Waals surface area contributed by atoms with Crippen LogP contribution in [0.4, 0.5) is 0 Å². The number of rotatable bonds is 6. The van der Waals surface area contributed by atoms with Gasteiger partial charge in [0.2, 0.25) is 0 Å². The van der Waals surface area contributed by atoms with Crippen LogP contribution in [0.1, 0.15) is 46.6 Å². The van der Waals surface area contributed by atoms with E-state index in [9.17, 15) is 0 Å². The zero-order chi connectivity index (χ0) is 22.0. The van der Waals surface area contributed by atoms with Crippen molar-refractivity contribution in [3.63, 3.8) is 0 Å². The summed E-state index contributed by atoms with van der Waals surface area (Å²) in [6.45, 7) is 14.2. The molecule has 4 rings (SSSR count). The van der Waals surface area contributed by atoms with Gasteiger partial charge in [0.25, 0.3) is 0 Å². The van der Waals surface area contributed by atoms with Gasteiger partial charge in [0, 0.05) is 52.1 Å². The highest BCUT2D eigenvalue weighted by atomic mass is 32.2. The molecule has 0 spiro atoms. The van der Waals surface area contributed by atoms with Crippen LogP contribution in [0.25, 0.3) is 16.5 Å². The molecule has 1 aromatic heterocycles. The maximum absolute atomic E-state index is 5.94. The topological polar surface area (TPSA) is 28.3 Å². The van der Waals surface area contributed by atoms with Gasteiger partial charge in [-0.25, -0.2) is 0 Å². The summed E-state index contributed by atoms with van der Waals surface area (Å²) in [5.74, 6) is 1.63. The maximum Gasteiger partial charge on any atom is 0.120 e. The fourth-order valence-electron chi connectivity index (χ4n) is 4.13. The molecule has 2 heterocycles. The lowest BCUT2D eigenvalue weighted by atomic mass is 9.98. The monoisotopic (exact) mass is 434 g/mol. The summed E-state index contributed by atoms with van der Waals surface area (Å²) >= 11 is 1.80. The Morgan fingerprint density at radius 2 is 1.81 bits per heavy atom. The van der Waals surface area contributed by atoms with Crippen LogP contribution in [0.3, 0.4) is 0 Å². The lowest BCUT2D eigenvalue weighted by molar-refractivity contribution is 0.131.